The molecule has 23 heavy (non-hydrogen) atoms. The van der Waals surface area contributed by atoms with Gasteiger partial charge in [0, 0.05) is 0 Å². The lowest BCUT2D eigenvalue weighted by atomic mass is 9.77. The summed E-state index contributed by atoms with van der Waals surface area (Å²) in [5.41, 5.74) is -2.79. The maximum atomic E-state index is 10.6. The summed E-state index contributed by atoms with van der Waals surface area (Å²) in [7, 11) is 0. The molecule has 11 nitrogen and oxygen atoms in total. The molecule has 11 heteroatoms. The molecule has 2 heterocycles. The zero-order valence-electron chi connectivity index (χ0n) is 12.0. The monoisotopic (exact) mass is 342 g/mol. The van der Waals surface area contributed by atoms with E-state index in [-0.39, 0.29) is 0 Å². The summed E-state index contributed by atoms with van der Waals surface area (Å²) < 4.78 is 9.91. The fourth-order valence-corrected chi connectivity index (χ4v) is 2.92. The number of hydrogen-bond donors (Lipinski definition) is 9. The molecule has 0 bridgehead atoms. The normalized spacial score (nSPS) is 54.9. The van der Waals surface area contributed by atoms with Crippen molar-refractivity contribution in [2.24, 2.45) is 0 Å². The van der Waals surface area contributed by atoms with Gasteiger partial charge in [-0.1, -0.05) is 0 Å². The van der Waals surface area contributed by atoms with Crippen LogP contribution >= 0.6 is 0 Å². The lowest BCUT2D eigenvalue weighted by molar-refractivity contribution is -0.378. The Labute approximate surface area is 130 Å². The molecule has 0 radical (unpaired) electrons. The molecule has 10 atom stereocenters. The standard InChI is InChI=1S/C12H22O11/c13-1-3-5(15)7(17)8(18)10(22-3)12(21)9(19)6(16)4(2-14)23-11(12)20/h3-11,13-21H,1-2H2/t3-,4-,5-,6-,7+,8+,9+,10+,11?,12-/m1/s1. The maximum absolute atomic E-state index is 10.6. The van der Waals surface area contributed by atoms with E-state index in [0.717, 1.165) is 0 Å². The van der Waals surface area contributed by atoms with E-state index >= 15 is 0 Å². The number of rotatable bonds is 3. The van der Waals surface area contributed by atoms with Gasteiger partial charge in [0.15, 0.2) is 11.9 Å². The summed E-state index contributed by atoms with van der Waals surface area (Å²) >= 11 is 0. The van der Waals surface area contributed by atoms with Gasteiger partial charge in [-0.05, 0) is 0 Å². The number of aliphatic hydroxyl groups is 9. The third-order valence-electron chi connectivity index (χ3n) is 4.41. The van der Waals surface area contributed by atoms with Crippen LogP contribution in [0.1, 0.15) is 0 Å². The molecule has 0 spiro atoms. The Balaban J connectivity index is 2.33. The van der Waals surface area contributed by atoms with Gasteiger partial charge in [0.25, 0.3) is 0 Å². The fraction of sp³-hybridized carbons (Fsp3) is 1.00. The summed E-state index contributed by atoms with van der Waals surface area (Å²) in [5.74, 6) is 0. The summed E-state index contributed by atoms with van der Waals surface area (Å²) in [6.07, 6.45) is -16.4. The van der Waals surface area contributed by atoms with Crippen molar-refractivity contribution in [1.82, 2.24) is 0 Å². The number of ether oxygens (including phenoxy) is 2. The molecular formula is C12H22O11. The Morgan fingerprint density at radius 3 is 1.74 bits per heavy atom. The van der Waals surface area contributed by atoms with Gasteiger partial charge in [0.05, 0.1) is 13.2 Å². The number of aliphatic hydroxyl groups excluding tert-OH is 8. The van der Waals surface area contributed by atoms with Crippen LogP contribution in [0.3, 0.4) is 0 Å². The molecule has 0 aromatic heterocycles. The van der Waals surface area contributed by atoms with Crippen molar-refractivity contribution in [3.05, 3.63) is 0 Å². The molecule has 2 rings (SSSR count). The summed E-state index contributed by atoms with van der Waals surface area (Å²) in [6.45, 7) is -1.55. The molecular weight excluding hydrogens is 320 g/mol. The van der Waals surface area contributed by atoms with E-state index in [1.165, 1.54) is 0 Å². The van der Waals surface area contributed by atoms with Gasteiger partial charge >= 0.3 is 0 Å². The smallest absolute Gasteiger partial charge is 0.189 e. The molecule has 9 N–H and O–H groups in total. The Kier molecular flexibility index (Phi) is 5.60. The second-order valence-electron chi connectivity index (χ2n) is 5.78. The minimum atomic E-state index is -2.79. The third kappa shape index (κ3) is 2.88. The third-order valence-corrected chi connectivity index (χ3v) is 4.41. The topological polar surface area (TPSA) is 201 Å². The highest BCUT2D eigenvalue weighted by molar-refractivity contribution is 5.10. The van der Waals surface area contributed by atoms with E-state index in [9.17, 15) is 35.7 Å². The fourth-order valence-electron chi connectivity index (χ4n) is 2.92. The number of hydrogen-bond acceptors (Lipinski definition) is 11. The van der Waals surface area contributed by atoms with Crippen LogP contribution in [-0.2, 0) is 9.47 Å². The van der Waals surface area contributed by atoms with Gasteiger partial charge in [-0.25, -0.2) is 0 Å². The van der Waals surface area contributed by atoms with Crippen LogP contribution in [0.25, 0.3) is 0 Å². The quantitative estimate of drug-likeness (QED) is 0.236. The summed E-state index contributed by atoms with van der Waals surface area (Å²) in [4.78, 5) is 0. The van der Waals surface area contributed by atoms with Crippen molar-refractivity contribution in [3.8, 4) is 0 Å². The minimum absolute atomic E-state index is 0.764. The second-order valence-corrected chi connectivity index (χ2v) is 5.78. The molecule has 136 valence electrons. The Hall–Kier alpha value is -0.440. The van der Waals surface area contributed by atoms with Crippen LogP contribution < -0.4 is 0 Å². The molecule has 1 unspecified atom stereocenters. The van der Waals surface area contributed by atoms with Crippen molar-refractivity contribution in [3.63, 3.8) is 0 Å². The maximum Gasteiger partial charge on any atom is 0.189 e. The van der Waals surface area contributed by atoms with Crippen LogP contribution in [-0.4, -0.2) is 120 Å². The predicted molar refractivity (Wildman–Crippen MR) is 68.7 cm³/mol. The molecule has 0 aromatic rings. The molecule has 0 saturated carbocycles. The van der Waals surface area contributed by atoms with Gasteiger partial charge < -0.3 is 55.4 Å². The van der Waals surface area contributed by atoms with Crippen LogP contribution in [0.5, 0.6) is 0 Å². The average molecular weight is 342 g/mol. The van der Waals surface area contributed by atoms with E-state index < -0.39 is 73.9 Å². The predicted octanol–water partition coefficient (Wildman–Crippen LogP) is -6.01. The van der Waals surface area contributed by atoms with Gasteiger partial charge in [-0.15, -0.1) is 0 Å². The Morgan fingerprint density at radius 1 is 0.696 bits per heavy atom. The Bertz CT molecular complexity index is 406. The highest BCUT2D eigenvalue weighted by atomic mass is 16.7. The molecule has 0 aliphatic carbocycles. The highest BCUT2D eigenvalue weighted by Gasteiger charge is 2.63. The molecule has 2 aliphatic heterocycles. The minimum Gasteiger partial charge on any atom is -0.394 e. The van der Waals surface area contributed by atoms with Crippen molar-refractivity contribution in [2.45, 2.75) is 60.7 Å². The second kappa shape index (κ2) is 6.82. The molecule has 0 aromatic carbocycles. The SMILES string of the molecule is OC[C@H]1OC(O)[C@](O)([C@H]2O[C@H](CO)[C@@H](O)[C@H](O)[C@@H]2O)[C@@H](O)[C@@H]1O. The first kappa shape index (κ1) is 18.9. The van der Waals surface area contributed by atoms with E-state index in [2.05, 4.69) is 0 Å². The molecule has 2 aliphatic rings. The zero-order chi connectivity index (χ0) is 17.5. The summed E-state index contributed by atoms with van der Waals surface area (Å²) in [6, 6.07) is 0. The van der Waals surface area contributed by atoms with E-state index in [1.54, 1.807) is 0 Å². The van der Waals surface area contributed by atoms with Crippen molar-refractivity contribution >= 4 is 0 Å². The van der Waals surface area contributed by atoms with Gasteiger partial charge in [0.2, 0.25) is 0 Å². The summed E-state index contributed by atoms with van der Waals surface area (Å²) in [5, 5.41) is 88.1. The first-order valence-electron chi connectivity index (χ1n) is 7.03. The van der Waals surface area contributed by atoms with E-state index in [0.29, 0.717) is 0 Å². The van der Waals surface area contributed by atoms with Crippen LogP contribution in [0, 0.1) is 0 Å². The zero-order valence-corrected chi connectivity index (χ0v) is 12.0. The molecule has 0 amide bonds. The van der Waals surface area contributed by atoms with Crippen molar-refractivity contribution in [1.29, 1.82) is 0 Å². The van der Waals surface area contributed by atoms with Crippen LogP contribution in [0.15, 0.2) is 0 Å². The molecule has 2 saturated heterocycles. The largest absolute Gasteiger partial charge is 0.394 e. The lowest BCUT2D eigenvalue weighted by Gasteiger charge is -2.53. The van der Waals surface area contributed by atoms with Gasteiger partial charge in [-0.2, -0.15) is 0 Å². The van der Waals surface area contributed by atoms with Crippen molar-refractivity contribution < 1.29 is 55.4 Å². The van der Waals surface area contributed by atoms with Crippen LogP contribution in [0.2, 0.25) is 0 Å². The first-order valence-corrected chi connectivity index (χ1v) is 7.03. The van der Waals surface area contributed by atoms with E-state index in [1.807, 2.05) is 0 Å². The van der Waals surface area contributed by atoms with Gasteiger partial charge in [0.1, 0.15) is 48.8 Å². The lowest BCUT2D eigenvalue weighted by Crippen LogP contribution is -2.76. The Morgan fingerprint density at radius 2 is 1.22 bits per heavy atom. The van der Waals surface area contributed by atoms with E-state index in [4.69, 9.17) is 19.7 Å². The average Bonchev–Trinajstić information content (AvgIpc) is 2.54. The van der Waals surface area contributed by atoms with Crippen LogP contribution in [0.4, 0.5) is 0 Å². The van der Waals surface area contributed by atoms with Gasteiger partial charge in [-0.3, -0.25) is 0 Å². The highest BCUT2D eigenvalue weighted by Crippen LogP contribution is 2.38. The van der Waals surface area contributed by atoms with Crippen molar-refractivity contribution in [2.75, 3.05) is 13.2 Å². The molecule has 2 fully saturated rings. The first-order chi connectivity index (χ1) is 10.7.